The van der Waals surface area contributed by atoms with Crippen molar-refractivity contribution in [3.63, 3.8) is 0 Å². The molecule has 114 valence electrons. The third-order valence-electron chi connectivity index (χ3n) is 2.98. The van der Waals surface area contributed by atoms with Crippen molar-refractivity contribution >= 4 is 0 Å². The van der Waals surface area contributed by atoms with Crippen molar-refractivity contribution in [3.05, 3.63) is 29.3 Å². The summed E-state index contributed by atoms with van der Waals surface area (Å²) in [6.07, 6.45) is -1.47. The van der Waals surface area contributed by atoms with Crippen LogP contribution in [0.3, 0.4) is 0 Å². The molecule has 0 amide bonds. The summed E-state index contributed by atoms with van der Waals surface area (Å²) in [6.45, 7) is 7.47. The lowest BCUT2D eigenvalue weighted by atomic mass is 9.90. The van der Waals surface area contributed by atoms with E-state index in [1.165, 1.54) is 0 Å². The molecule has 0 bridgehead atoms. The van der Waals surface area contributed by atoms with Crippen LogP contribution in [0.5, 0.6) is 5.75 Å². The first-order valence-corrected chi connectivity index (χ1v) is 6.82. The van der Waals surface area contributed by atoms with E-state index in [1.54, 1.807) is 13.8 Å². The molecule has 1 fully saturated rings. The highest BCUT2D eigenvalue weighted by molar-refractivity contribution is 5.38. The molecule has 1 aliphatic carbocycles. The second-order valence-electron chi connectivity index (χ2n) is 4.96. The Bertz CT molecular complexity index is 449. The molecule has 1 aromatic carbocycles. The van der Waals surface area contributed by atoms with Gasteiger partial charge in [-0.1, -0.05) is 27.7 Å². The Labute approximate surface area is 116 Å². The predicted molar refractivity (Wildman–Crippen MR) is 70.4 cm³/mol. The predicted octanol–water partition coefficient (Wildman–Crippen LogP) is 5.29. The average Bonchev–Trinajstić information content (AvgIpc) is 2.27. The topological polar surface area (TPSA) is 9.23 Å². The van der Waals surface area contributed by atoms with Gasteiger partial charge in [0.2, 0.25) is 0 Å². The van der Waals surface area contributed by atoms with Gasteiger partial charge in [0.05, 0.1) is 0 Å². The zero-order chi connectivity index (χ0) is 15.5. The van der Waals surface area contributed by atoms with Crippen LogP contribution < -0.4 is 4.74 Å². The molecule has 0 atom stereocenters. The molecular weight excluding hydrogens is 272 g/mol. The van der Waals surface area contributed by atoms with E-state index in [1.807, 2.05) is 13.8 Å². The molecule has 1 aromatic rings. The van der Waals surface area contributed by atoms with Crippen molar-refractivity contribution in [1.82, 2.24) is 0 Å². The molecule has 1 saturated carbocycles. The molecule has 1 aliphatic rings. The summed E-state index contributed by atoms with van der Waals surface area (Å²) in [6, 6.07) is 1.83. The van der Waals surface area contributed by atoms with Gasteiger partial charge < -0.3 is 4.74 Å². The minimum absolute atomic E-state index is 0.0306. The Kier molecular flexibility index (Phi) is 5.42. The van der Waals surface area contributed by atoms with E-state index in [0.717, 1.165) is 12.1 Å². The van der Waals surface area contributed by atoms with Gasteiger partial charge in [-0.15, -0.1) is 0 Å². The summed E-state index contributed by atoms with van der Waals surface area (Å²) in [4.78, 5) is 0. The van der Waals surface area contributed by atoms with Gasteiger partial charge in [0.1, 0.15) is 23.5 Å². The van der Waals surface area contributed by atoms with Crippen LogP contribution in [-0.2, 0) is 0 Å². The first-order valence-electron chi connectivity index (χ1n) is 6.82. The second kappa shape index (κ2) is 6.46. The minimum Gasteiger partial charge on any atom is -0.489 e. The molecule has 0 N–H and O–H groups in total. The van der Waals surface area contributed by atoms with Gasteiger partial charge in [-0.2, -0.15) is 0 Å². The van der Waals surface area contributed by atoms with Gasteiger partial charge in [-0.3, -0.25) is 0 Å². The van der Waals surface area contributed by atoms with E-state index in [9.17, 15) is 17.6 Å². The zero-order valence-electron chi connectivity index (χ0n) is 12.1. The van der Waals surface area contributed by atoms with Crippen molar-refractivity contribution in [3.8, 4) is 5.75 Å². The van der Waals surface area contributed by atoms with Crippen molar-refractivity contribution in [2.45, 2.75) is 58.5 Å². The van der Waals surface area contributed by atoms with E-state index in [4.69, 9.17) is 4.74 Å². The van der Waals surface area contributed by atoms with Gasteiger partial charge >= 0.3 is 0 Å². The van der Waals surface area contributed by atoms with Crippen LogP contribution >= 0.6 is 0 Å². The molecule has 0 aliphatic heterocycles. The van der Waals surface area contributed by atoms with Crippen molar-refractivity contribution in [1.29, 1.82) is 0 Å². The van der Waals surface area contributed by atoms with E-state index < -0.39 is 36.5 Å². The summed E-state index contributed by atoms with van der Waals surface area (Å²) in [5.74, 6) is -4.36. The fourth-order valence-corrected chi connectivity index (χ4v) is 2.09. The molecule has 5 heteroatoms. The largest absolute Gasteiger partial charge is 0.489 e. The fraction of sp³-hybridized carbons (Fsp3) is 0.600. The van der Waals surface area contributed by atoms with Gasteiger partial charge in [-0.25, -0.2) is 17.6 Å². The lowest BCUT2D eigenvalue weighted by molar-refractivity contribution is -0.134. The summed E-state index contributed by atoms with van der Waals surface area (Å²) >= 11 is 0. The van der Waals surface area contributed by atoms with Gasteiger partial charge in [0.15, 0.2) is 0 Å². The molecule has 0 spiro atoms. The van der Waals surface area contributed by atoms with Crippen LogP contribution in [0.2, 0.25) is 0 Å². The fourth-order valence-electron chi connectivity index (χ4n) is 2.09. The normalized spacial score (nSPS) is 17.2. The lowest BCUT2D eigenvalue weighted by Crippen LogP contribution is -2.43. The van der Waals surface area contributed by atoms with Crippen LogP contribution in [0.15, 0.2) is 12.1 Å². The third kappa shape index (κ3) is 3.87. The minimum atomic E-state index is -2.71. The molecule has 1 nitrogen and oxygen atoms in total. The maximum Gasteiger partial charge on any atom is 0.255 e. The molecule has 0 aromatic heterocycles. The summed E-state index contributed by atoms with van der Waals surface area (Å²) in [5.41, 5.74) is 0.228. The number of halogens is 4. The van der Waals surface area contributed by atoms with Crippen molar-refractivity contribution < 1.29 is 22.3 Å². The molecule has 0 heterocycles. The Morgan fingerprint density at radius 2 is 1.70 bits per heavy atom. The van der Waals surface area contributed by atoms with Crippen molar-refractivity contribution in [2.75, 3.05) is 0 Å². The smallest absolute Gasteiger partial charge is 0.255 e. The van der Waals surface area contributed by atoms with Crippen LogP contribution in [-0.4, -0.2) is 12.0 Å². The van der Waals surface area contributed by atoms with Crippen LogP contribution in [0.1, 0.15) is 52.0 Å². The van der Waals surface area contributed by atoms with Crippen LogP contribution in [0.25, 0.3) is 0 Å². The standard InChI is InChI=1S/C13H14F4O.C2H6/c1-7(2)12-10(15)3-8(14)4-11(12)18-9-5-13(16,17)6-9;1-2/h3-4,7,9H,5-6H2,1-2H3;1-2H3. The molecule has 2 rings (SSSR count). The first kappa shape index (κ1) is 16.8. The Hall–Kier alpha value is -1.26. The number of rotatable bonds is 3. The summed E-state index contributed by atoms with van der Waals surface area (Å²) in [5, 5.41) is 0. The highest BCUT2D eigenvalue weighted by Gasteiger charge is 2.47. The zero-order valence-corrected chi connectivity index (χ0v) is 12.1. The maximum absolute atomic E-state index is 13.6. The second-order valence-corrected chi connectivity index (χ2v) is 4.96. The summed E-state index contributed by atoms with van der Waals surface area (Å²) in [7, 11) is 0. The molecule has 20 heavy (non-hydrogen) atoms. The third-order valence-corrected chi connectivity index (χ3v) is 2.98. The number of ether oxygens (including phenoxy) is 1. The number of hydrogen-bond acceptors (Lipinski definition) is 1. The Morgan fingerprint density at radius 1 is 1.15 bits per heavy atom. The van der Waals surface area contributed by atoms with Crippen molar-refractivity contribution in [2.24, 2.45) is 0 Å². The van der Waals surface area contributed by atoms with Gasteiger partial charge in [-0.05, 0) is 5.92 Å². The monoisotopic (exact) mass is 292 g/mol. The van der Waals surface area contributed by atoms with E-state index in [-0.39, 0.29) is 17.2 Å². The quantitative estimate of drug-likeness (QED) is 0.688. The Balaban J connectivity index is 0.000000956. The molecule has 0 unspecified atom stereocenters. The SMILES string of the molecule is CC.CC(C)c1c(F)cc(F)cc1OC1CC(F)(F)C1. The highest BCUT2D eigenvalue weighted by Crippen LogP contribution is 2.41. The number of hydrogen-bond donors (Lipinski definition) is 0. The average molecular weight is 292 g/mol. The van der Waals surface area contributed by atoms with Crippen LogP contribution in [0.4, 0.5) is 17.6 Å². The van der Waals surface area contributed by atoms with Gasteiger partial charge in [0, 0.05) is 30.5 Å². The van der Waals surface area contributed by atoms with E-state index >= 15 is 0 Å². The molecular formula is C15H20F4O. The molecule has 0 saturated heterocycles. The van der Waals surface area contributed by atoms with Gasteiger partial charge in [0.25, 0.3) is 5.92 Å². The lowest BCUT2D eigenvalue weighted by Gasteiger charge is -2.35. The first-order chi connectivity index (χ1) is 9.28. The number of alkyl halides is 2. The maximum atomic E-state index is 13.6. The highest BCUT2D eigenvalue weighted by atomic mass is 19.3. The molecule has 0 radical (unpaired) electrons. The van der Waals surface area contributed by atoms with Crippen LogP contribution in [0, 0.1) is 11.6 Å². The van der Waals surface area contributed by atoms with E-state index in [2.05, 4.69) is 0 Å². The Morgan fingerprint density at radius 3 is 2.15 bits per heavy atom. The summed E-state index contributed by atoms with van der Waals surface area (Å²) < 4.78 is 57.4. The number of benzene rings is 1. The van der Waals surface area contributed by atoms with E-state index in [0.29, 0.717) is 0 Å².